The van der Waals surface area contributed by atoms with Crippen molar-refractivity contribution in [2.24, 2.45) is 5.92 Å². The molecule has 1 N–H and O–H groups in total. The largest absolute Gasteiger partial charge is 0.342 e. The first kappa shape index (κ1) is 14.1. The van der Waals surface area contributed by atoms with E-state index in [0.717, 1.165) is 31.5 Å². The third kappa shape index (κ3) is 3.80. The summed E-state index contributed by atoms with van der Waals surface area (Å²) in [5, 5.41) is 6.77. The summed E-state index contributed by atoms with van der Waals surface area (Å²) >= 11 is 1.56. The van der Waals surface area contributed by atoms with Gasteiger partial charge in [-0.1, -0.05) is 6.92 Å². The van der Waals surface area contributed by atoms with Crippen LogP contribution in [0.3, 0.4) is 0 Å². The van der Waals surface area contributed by atoms with Crippen LogP contribution in [0, 0.1) is 5.92 Å². The van der Waals surface area contributed by atoms with Gasteiger partial charge in [0, 0.05) is 24.9 Å². The fraction of sp³-hybridized carbons (Fsp3) is 0.571. The van der Waals surface area contributed by atoms with Gasteiger partial charge in [-0.2, -0.15) is 11.3 Å². The predicted octanol–water partition coefficient (Wildman–Crippen LogP) is 2.73. The van der Waals surface area contributed by atoms with Gasteiger partial charge in [0.15, 0.2) is 0 Å². The minimum absolute atomic E-state index is 0.0346. The van der Waals surface area contributed by atoms with E-state index < -0.39 is 0 Å². The molecule has 0 aliphatic carbocycles. The van der Waals surface area contributed by atoms with Gasteiger partial charge in [0.05, 0.1) is 11.6 Å². The minimum Gasteiger partial charge on any atom is -0.342 e. The zero-order valence-corrected chi connectivity index (χ0v) is 12.0. The number of nitrogens with one attached hydrogen (secondary N) is 1. The number of carbonyl (C=O) groups excluding carboxylic acids is 2. The Labute approximate surface area is 117 Å². The van der Waals surface area contributed by atoms with Gasteiger partial charge in [-0.3, -0.25) is 9.59 Å². The topological polar surface area (TPSA) is 49.4 Å². The SMILES string of the molecule is CCCC(=O)N1CCC[C@@H](C(=O)Nc2ccsc2)C1. The normalized spacial score (nSPS) is 19.2. The lowest BCUT2D eigenvalue weighted by Gasteiger charge is -2.32. The van der Waals surface area contributed by atoms with Crippen molar-refractivity contribution >= 4 is 28.8 Å². The number of hydrogen-bond acceptors (Lipinski definition) is 3. The van der Waals surface area contributed by atoms with Crippen molar-refractivity contribution in [2.75, 3.05) is 18.4 Å². The molecule has 1 fully saturated rings. The monoisotopic (exact) mass is 280 g/mol. The van der Waals surface area contributed by atoms with Crippen LogP contribution in [0.25, 0.3) is 0 Å². The standard InChI is InChI=1S/C14H20N2O2S/c1-2-4-13(17)16-7-3-5-11(9-16)14(18)15-12-6-8-19-10-12/h6,8,10-11H,2-5,7,9H2,1H3,(H,15,18)/t11-/m1/s1. The molecular formula is C14H20N2O2S. The molecule has 1 aliphatic rings. The number of piperidine rings is 1. The van der Waals surface area contributed by atoms with Crippen LogP contribution in [0.15, 0.2) is 16.8 Å². The molecule has 104 valence electrons. The van der Waals surface area contributed by atoms with Crippen LogP contribution in [0.2, 0.25) is 0 Å². The van der Waals surface area contributed by atoms with Crippen molar-refractivity contribution in [1.29, 1.82) is 0 Å². The molecule has 4 nitrogen and oxygen atoms in total. The van der Waals surface area contributed by atoms with E-state index in [1.165, 1.54) is 0 Å². The highest BCUT2D eigenvalue weighted by atomic mass is 32.1. The number of nitrogens with zero attached hydrogens (tertiary/aromatic N) is 1. The molecule has 0 aromatic carbocycles. The number of amides is 2. The number of thiophene rings is 1. The van der Waals surface area contributed by atoms with Crippen LogP contribution in [-0.4, -0.2) is 29.8 Å². The lowest BCUT2D eigenvalue weighted by atomic mass is 9.96. The summed E-state index contributed by atoms with van der Waals surface area (Å²) < 4.78 is 0. The summed E-state index contributed by atoms with van der Waals surface area (Å²) in [6, 6.07) is 1.89. The fourth-order valence-electron chi connectivity index (χ4n) is 2.37. The van der Waals surface area contributed by atoms with Crippen molar-refractivity contribution in [3.63, 3.8) is 0 Å². The van der Waals surface area contributed by atoms with E-state index in [2.05, 4.69) is 5.32 Å². The Morgan fingerprint density at radius 2 is 2.37 bits per heavy atom. The second-order valence-corrected chi connectivity index (χ2v) is 5.71. The van der Waals surface area contributed by atoms with Crippen LogP contribution in [0.4, 0.5) is 5.69 Å². The van der Waals surface area contributed by atoms with Crippen molar-refractivity contribution in [2.45, 2.75) is 32.6 Å². The molecule has 2 amide bonds. The van der Waals surface area contributed by atoms with Crippen LogP contribution in [0.5, 0.6) is 0 Å². The highest BCUT2D eigenvalue weighted by Crippen LogP contribution is 2.20. The van der Waals surface area contributed by atoms with Crippen LogP contribution in [-0.2, 0) is 9.59 Å². The maximum Gasteiger partial charge on any atom is 0.229 e. The molecule has 0 spiro atoms. The quantitative estimate of drug-likeness (QED) is 0.922. The lowest BCUT2D eigenvalue weighted by Crippen LogP contribution is -2.43. The average molecular weight is 280 g/mol. The van der Waals surface area contributed by atoms with E-state index in [1.807, 2.05) is 28.7 Å². The first-order valence-electron chi connectivity index (χ1n) is 6.81. The molecule has 2 heterocycles. The van der Waals surface area contributed by atoms with Gasteiger partial charge in [-0.25, -0.2) is 0 Å². The van der Waals surface area contributed by atoms with E-state index in [0.29, 0.717) is 13.0 Å². The molecule has 0 bridgehead atoms. The summed E-state index contributed by atoms with van der Waals surface area (Å²) in [6.07, 6.45) is 3.23. The highest BCUT2D eigenvalue weighted by Gasteiger charge is 2.27. The Morgan fingerprint density at radius 1 is 1.53 bits per heavy atom. The predicted molar refractivity (Wildman–Crippen MR) is 77.2 cm³/mol. The number of rotatable bonds is 4. The van der Waals surface area contributed by atoms with Crippen molar-refractivity contribution in [3.8, 4) is 0 Å². The summed E-state index contributed by atoms with van der Waals surface area (Å²) in [4.78, 5) is 25.9. The fourth-order valence-corrected chi connectivity index (χ4v) is 2.96. The number of anilines is 1. The van der Waals surface area contributed by atoms with Gasteiger partial charge < -0.3 is 10.2 Å². The summed E-state index contributed by atoms with van der Waals surface area (Å²) in [5.41, 5.74) is 0.854. The molecule has 1 aliphatic heterocycles. The van der Waals surface area contributed by atoms with Crippen LogP contribution >= 0.6 is 11.3 Å². The molecule has 0 unspecified atom stereocenters. The molecule has 1 aromatic rings. The van der Waals surface area contributed by atoms with Gasteiger partial charge in [-0.15, -0.1) is 0 Å². The molecule has 5 heteroatoms. The Bertz CT molecular complexity index is 431. The summed E-state index contributed by atoms with van der Waals surface area (Å²) in [7, 11) is 0. The van der Waals surface area contributed by atoms with Crippen molar-refractivity contribution < 1.29 is 9.59 Å². The smallest absolute Gasteiger partial charge is 0.229 e. The first-order chi connectivity index (χ1) is 9.20. The van der Waals surface area contributed by atoms with Crippen molar-refractivity contribution in [3.05, 3.63) is 16.8 Å². The lowest BCUT2D eigenvalue weighted by molar-refractivity contribution is -0.134. The molecule has 1 atom stereocenters. The maximum absolute atomic E-state index is 12.1. The van der Waals surface area contributed by atoms with Crippen LogP contribution < -0.4 is 5.32 Å². The van der Waals surface area contributed by atoms with E-state index in [9.17, 15) is 9.59 Å². The van der Waals surface area contributed by atoms with Crippen molar-refractivity contribution in [1.82, 2.24) is 4.90 Å². The first-order valence-corrected chi connectivity index (χ1v) is 7.76. The van der Waals surface area contributed by atoms with E-state index in [-0.39, 0.29) is 17.7 Å². The van der Waals surface area contributed by atoms with Gasteiger partial charge in [0.25, 0.3) is 0 Å². The molecule has 19 heavy (non-hydrogen) atoms. The average Bonchev–Trinajstić information content (AvgIpc) is 2.92. The van der Waals surface area contributed by atoms with E-state index in [4.69, 9.17) is 0 Å². The summed E-state index contributed by atoms with van der Waals surface area (Å²) in [6.45, 7) is 3.36. The number of carbonyl (C=O) groups is 2. The zero-order valence-electron chi connectivity index (χ0n) is 11.2. The number of hydrogen-bond donors (Lipinski definition) is 1. The van der Waals surface area contributed by atoms with Gasteiger partial charge in [0.2, 0.25) is 11.8 Å². The Balaban J connectivity index is 1.89. The van der Waals surface area contributed by atoms with Gasteiger partial charge in [-0.05, 0) is 30.7 Å². The molecule has 2 rings (SSSR count). The van der Waals surface area contributed by atoms with E-state index in [1.54, 1.807) is 11.3 Å². The molecule has 0 saturated carbocycles. The van der Waals surface area contributed by atoms with E-state index >= 15 is 0 Å². The molecular weight excluding hydrogens is 260 g/mol. The molecule has 0 radical (unpaired) electrons. The third-order valence-electron chi connectivity index (χ3n) is 3.40. The third-order valence-corrected chi connectivity index (χ3v) is 4.08. The minimum atomic E-state index is -0.0746. The molecule has 1 aromatic heterocycles. The number of likely N-dealkylation sites (tertiary alicyclic amines) is 1. The maximum atomic E-state index is 12.1. The second-order valence-electron chi connectivity index (χ2n) is 4.93. The van der Waals surface area contributed by atoms with Gasteiger partial charge in [0.1, 0.15) is 0 Å². The second kappa shape index (κ2) is 6.70. The Hall–Kier alpha value is -1.36. The van der Waals surface area contributed by atoms with Gasteiger partial charge >= 0.3 is 0 Å². The molecule has 1 saturated heterocycles. The summed E-state index contributed by atoms with van der Waals surface area (Å²) in [5.74, 6) is 0.136. The Morgan fingerprint density at radius 3 is 3.05 bits per heavy atom. The highest BCUT2D eigenvalue weighted by molar-refractivity contribution is 7.08. The zero-order chi connectivity index (χ0) is 13.7. The Kier molecular flexibility index (Phi) is 4.96. The van der Waals surface area contributed by atoms with Crippen LogP contribution in [0.1, 0.15) is 32.6 Å².